The van der Waals surface area contributed by atoms with Crippen LogP contribution in [0.1, 0.15) is 19.4 Å². The number of carbonyl (C=O) groups is 2. The Hall–Kier alpha value is -1.89. The van der Waals surface area contributed by atoms with E-state index in [1.165, 1.54) is 26.0 Å². The van der Waals surface area contributed by atoms with Gasteiger partial charge in [0.1, 0.15) is 5.41 Å². The van der Waals surface area contributed by atoms with Crippen molar-refractivity contribution in [3.8, 4) is 0 Å². The third-order valence-corrected chi connectivity index (χ3v) is 4.04. The molecule has 110 valence electrons. The molecule has 1 aromatic carbocycles. The number of hydrogen-bond acceptors (Lipinski definition) is 4. The molecule has 0 aliphatic carbocycles. The van der Waals surface area contributed by atoms with E-state index in [1.807, 2.05) is 0 Å². The second kappa shape index (κ2) is 5.62. The third-order valence-electron chi connectivity index (χ3n) is 2.91. The molecule has 6 nitrogen and oxygen atoms in total. The predicted molar refractivity (Wildman–Crippen MR) is 72.8 cm³/mol. The van der Waals surface area contributed by atoms with Crippen molar-refractivity contribution < 1.29 is 23.1 Å². The van der Waals surface area contributed by atoms with Gasteiger partial charge in [-0.15, -0.1) is 0 Å². The van der Waals surface area contributed by atoms with Crippen LogP contribution in [-0.2, 0) is 26.0 Å². The molecule has 0 aliphatic heterocycles. The van der Waals surface area contributed by atoms with E-state index in [2.05, 4.69) is 5.32 Å². The van der Waals surface area contributed by atoms with Crippen molar-refractivity contribution in [2.24, 2.45) is 5.41 Å². The molecule has 0 fully saturated rings. The number of rotatable bonds is 5. The first-order valence-electron chi connectivity index (χ1n) is 5.86. The molecule has 0 unspecified atom stereocenters. The molecule has 0 aromatic heterocycles. The zero-order valence-corrected chi connectivity index (χ0v) is 12.3. The largest absolute Gasteiger partial charge is 0.480 e. The van der Waals surface area contributed by atoms with Gasteiger partial charge < -0.3 is 10.4 Å². The Kier molecular flexibility index (Phi) is 4.54. The Balaban J connectivity index is 2.72. The minimum Gasteiger partial charge on any atom is -0.480 e. The maximum absolute atomic E-state index is 11.7. The maximum atomic E-state index is 11.7. The highest BCUT2D eigenvalue weighted by molar-refractivity contribution is 7.90. The first kappa shape index (κ1) is 16.2. The summed E-state index contributed by atoms with van der Waals surface area (Å²) in [5, 5.41) is 11.4. The summed E-state index contributed by atoms with van der Waals surface area (Å²) in [7, 11) is -3.25. The Morgan fingerprint density at radius 2 is 1.70 bits per heavy atom. The molecule has 0 saturated carbocycles. The van der Waals surface area contributed by atoms with Crippen molar-refractivity contribution in [2.45, 2.75) is 25.3 Å². The lowest BCUT2D eigenvalue weighted by Crippen LogP contribution is -2.41. The summed E-state index contributed by atoms with van der Waals surface area (Å²) in [6.45, 7) is 2.77. The van der Waals surface area contributed by atoms with E-state index in [4.69, 9.17) is 5.11 Å². The lowest BCUT2D eigenvalue weighted by molar-refractivity contribution is -0.153. The van der Waals surface area contributed by atoms with E-state index in [-0.39, 0.29) is 11.4 Å². The highest BCUT2D eigenvalue weighted by Crippen LogP contribution is 2.16. The Morgan fingerprint density at radius 1 is 1.20 bits per heavy atom. The van der Waals surface area contributed by atoms with Crippen LogP contribution in [0.15, 0.2) is 29.2 Å². The fourth-order valence-corrected chi connectivity index (χ4v) is 1.99. The van der Waals surface area contributed by atoms with Crippen LogP contribution in [0.25, 0.3) is 0 Å². The Labute approximate surface area is 117 Å². The molecule has 0 heterocycles. The van der Waals surface area contributed by atoms with Gasteiger partial charge >= 0.3 is 5.97 Å². The van der Waals surface area contributed by atoms with Gasteiger partial charge in [-0.1, -0.05) is 12.1 Å². The zero-order chi connectivity index (χ0) is 15.6. The van der Waals surface area contributed by atoms with Crippen LogP contribution in [0.4, 0.5) is 0 Å². The van der Waals surface area contributed by atoms with Gasteiger partial charge in [0, 0.05) is 12.8 Å². The van der Waals surface area contributed by atoms with Gasteiger partial charge in [0.05, 0.1) is 4.90 Å². The number of amides is 1. The number of nitrogens with one attached hydrogen (secondary N) is 1. The zero-order valence-electron chi connectivity index (χ0n) is 11.5. The van der Waals surface area contributed by atoms with Gasteiger partial charge in [-0.05, 0) is 31.5 Å². The minimum absolute atomic E-state index is 0.138. The molecular weight excluding hydrogens is 282 g/mol. The lowest BCUT2D eigenvalue weighted by atomic mass is 9.92. The topological polar surface area (TPSA) is 101 Å². The molecule has 1 amide bonds. The monoisotopic (exact) mass is 299 g/mol. The molecule has 0 aliphatic rings. The fraction of sp³-hybridized carbons (Fsp3) is 0.385. The van der Waals surface area contributed by atoms with E-state index >= 15 is 0 Å². The van der Waals surface area contributed by atoms with Crippen LogP contribution in [-0.4, -0.2) is 31.7 Å². The minimum atomic E-state index is -3.25. The Morgan fingerprint density at radius 3 is 2.10 bits per heavy atom. The number of hydrogen-bond donors (Lipinski definition) is 2. The molecule has 0 spiro atoms. The molecule has 0 saturated heterocycles. The molecule has 2 N–H and O–H groups in total. The molecule has 1 aromatic rings. The van der Waals surface area contributed by atoms with Crippen LogP contribution in [0, 0.1) is 5.41 Å². The van der Waals surface area contributed by atoms with Gasteiger partial charge in [-0.3, -0.25) is 9.59 Å². The van der Waals surface area contributed by atoms with E-state index in [0.29, 0.717) is 5.56 Å². The number of carboxylic acid groups (broad SMARTS) is 1. The number of aliphatic carboxylic acids is 1. The number of benzene rings is 1. The summed E-state index contributed by atoms with van der Waals surface area (Å²) in [4.78, 5) is 22.8. The molecule has 7 heteroatoms. The number of carboxylic acids is 1. The van der Waals surface area contributed by atoms with E-state index in [1.54, 1.807) is 12.1 Å². The summed E-state index contributed by atoms with van der Waals surface area (Å²) in [5.41, 5.74) is -0.820. The van der Waals surface area contributed by atoms with Gasteiger partial charge in [0.15, 0.2) is 9.84 Å². The lowest BCUT2D eigenvalue weighted by Gasteiger charge is -2.18. The predicted octanol–water partition coefficient (Wildman–Crippen LogP) is 0.817. The summed E-state index contributed by atoms with van der Waals surface area (Å²) in [6, 6.07) is 6.03. The molecule has 0 bridgehead atoms. The first-order chi connectivity index (χ1) is 9.05. The van der Waals surface area contributed by atoms with Crippen molar-refractivity contribution in [1.82, 2.24) is 5.32 Å². The summed E-state index contributed by atoms with van der Waals surface area (Å²) < 4.78 is 22.6. The summed E-state index contributed by atoms with van der Waals surface area (Å²) in [5.74, 6) is -1.81. The van der Waals surface area contributed by atoms with Gasteiger partial charge in [-0.25, -0.2) is 8.42 Å². The highest BCUT2D eigenvalue weighted by Gasteiger charge is 2.35. The second-order valence-electron chi connectivity index (χ2n) is 5.03. The average Bonchev–Trinajstić information content (AvgIpc) is 2.35. The maximum Gasteiger partial charge on any atom is 0.318 e. The third kappa shape index (κ3) is 3.80. The van der Waals surface area contributed by atoms with Gasteiger partial charge in [-0.2, -0.15) is 0 Å². The smallest absolute Gasteiger partial charge is 0.318 e. The van der Waals surface area contributed by atoms with Crippen LogP contribution < -0.4 is 5.32 Å². The van der Waals surface area contributed by atoms with Crippen molar-refractivity contribution in [2.75, 3.05) is 6.26 Å². The highest BCUT2D eigenvalue weighted by atomic mass is 32.2. The van der Waals surface area contributed by atoms with Crippen LogP contribution >= 0.6 is 0 Å². The average molecular weight is 299 g/mol. The molecule has 0 atom stereocenters. The van der Waals surface area contributed by atoms with Gasteiger partial charge in [0.2, 0.25) is 5.91 Å². The Bertz CT molecular complexity index is 617. The number of sulfone groups is 1. The first-order valence-corrected chi connectivity index (χ1v) is 7.75. The van der Waals surface area contributed by atoms with Crippen LogP contribution in [0.5, 0.6) is 0 Å². The second-order valence-corrected chi connectivity index (χ2v) is 7.04. The number of carbonyl (C=O) groups excluding carboxylic acids is 1. The normalized spacial score (nSPS) is 11.9. The molecular formula is C13H17NO5S. The molecule has 1 rings (SSSR count). The summed E-state index contributed by atoms with van der Waals surface area (Å²) in [6.07, 6.45) is 1.11. The van der Waals surface area contributed by atoms with Crippen molar-refractivity contribution in [1.29, 1.82) is 0 Å². The quantitative estimate of drug-likeness (QED) is 0.784. The van der Waals surface area contributed by atoms with Crippen LogP contribution in [0.2, 0.25) is 0 Å². The molecule has 20 heavy (non-hydrogen) atoms. The standard InChI is InChI=1S/C13H17NO5S/c1-13(2,12(16)17)11(15)14-8-9-4-6-10(7-5-9)20(3,18)19/h4-7H,8H2,1-3H3,(H,14,15)(H,16,17). The van der Waals surface area contributed by atoms with Gasteiger partial charge in [0.25, 0.3) is 0 Å². The van der Waals surface area contributed by atoms with E-state index in [0.717, 1.165) is 6.26 Å². The molecule has 0 radical (unpaired) electrons. The van der Waals surface area contributed by atoms with Crippen molar-refractivity contribution in [3.05, 3.63) is 29.8 Å². The van der Waals surface area contributed by atoms with E-state index < -0.39 is 27.1 Å². The van der Waals surface area contributed by atoms with E-state index in [9.17, 15) is 18.0 Å². The SMILES string of the molecule is CC(C)(C(=O)O)C(=O)NCc1ccc(S(C)(=O)=O)cc1. The van der Waals surface area contributed by atoms with Crippen molar-refractivity contribution in [3.63, 3.8) is 0 Å². The van der Waals surface area contributed by atoms with Crippen molar-refractivity contribution >= 4 is 21.7 Å². The fourth-order valence-electron chi connectivity index (χ4n) is 1.35. The summed E-state index contributed by atoms with van der Waals surface area (Å²) >= 11 is 0. The van der Waals surface area contributed by atoms with Crippen LogP contribution in [0.3, 0.4) is 0 Å².